The lowest BCUT2D eigenvalue weighted by atomic mass is 9.77. The van der Waals surface area contributed by atoms with Gasteiger partial charge >= 0.3 is 0 Å². The van der Waals surface area contributed by atoms with Gasteiger partial charge in [0.05, 0.1) is 0 Å². The normalized spacial score (nSPS) is 26.8. The molecule has 0 amide bonds. The lowest BCUT2D eigenvalue weighted by Gasteiger charge is -2.31. The summed E-state index contributed by atoms with van der Waals surface area (Å²) >= 11 is 6.16. The summed E-state index contributed by atoms with van der Waals surface area (Å²) in [6.45, 7) is 4.41. The van der Waals surface area contributed by atoms with Crippen LogP contribution in [-0.2, 0) is 0 Å². The Hall–Kier alpha value is -0.530. The molecule has 0 bridgehead atoms. The van der Waals surface area contributed by atoms with E-state index in [1.807, 2.05) is 12.1 Å². The van der Waals surface area contributed by atoms with Crippen molar-refractivity contribution in [2.24, 2.45) is 17.6 Å². The molecule has 2 heteroatoms. The second-order valence-electron chi connectivity index (χ2n) is 5.50. The third-order valence-electron chi connectivity index (χ3n) is 4.24. The highest BCUT2D eigenvalue weighted by Gasteiger charge is 2.25. The van der Waals surface area contributed by atoms with Crippen molar-refractivity contribution in [2.45, 2.75) is 45.6 Å². The van der Waals surface area contributed by atoms with Crippen molar-refractivity contribution >= 4 is 11.6 Å². The molecule has 17 heavy (non-hydrogen) atoms. The molecular formula is C15H22ClN. The van der Waals surface area contributed by atoms with E-state index in [0.29, 0.717) is 5.92 Å². The van der Waals surface area contributed by atoms with Crippen molar-refractivity contribution in [3.8, 4) is 0 Å². The van der Waals surface area contributed by atoms with Crippen LogP contribution >= 0.6 is 11.6 Å². The van der Waals surface area contributed by atoms with E-state index in [1.54, 1.807) is 0 Å². The molecule has 1 atom stereocenters. The van der Waals surface area contributed by atoms with Gasteiger partial charge in [-0.2, -0.15) is 0 Å². The van der Waals surface area contributed by atoms with Crippen LogP contribution in [0.1, 0.15) is 49.8 Å². The molecule has 0 radical (unpaired) electrons. The molecule has 1 unspecified atom stereocenters. The maximum absolute atomic E-state index is 6.43. The van der Waals surface area contributed by atoms with E-state index in [4.69, 9.17) is 17.3 Å². The van der Waals surface area contributed by atoms with Gasteiger partial charge in [-0.25, -0.2) is 0 Å². The highest BCUT2D eigenvalue weighted by molar-refractivity contribution is 6.31. The summed E-state index contributed by atoms with van der Waals surface area (Å²) in [7, 11) is 0. The van der Waals surface area contributed by atoms with Gasteiger partial charge in [-0.05, 0) is 48.8 Å². The molecule has 94 valence electrons. The lowest BCUT2D eigenvalue weighted by molar-refractivity contribution is 0.256. The fourth-order valence-corrected chi connectivity index (χ4v) is 3.07. The molecule has 0 heterocycles. The average Bonchev–Trinajstić information content (AvgIpc) is 2.33. The van der Waals surface area contributed by atoms with E-state index in [1.165, 1.54) is 31.2 Å². The van der Waals surface area contributed by atoms with E-state index < -0.39 is 0 Å². The first-order valence-electron chi connectivity index (χ1n) is 6.60. The third-order valence-corrected chi connectivity index (χ3v) is 4.65. The zero-order valence-electron chi connectivity index (χ0n) is 10.7. The molecule has 1 aromatic rings. The van der Waals surface area contributed by atoms with Crippen LogP contribution < -0.4 is 5.73 Å². The smallest absolute Gasteiger partial charge is 0.0438 e. The van der Waals surface area contributed by atoms with Crippen molar-refractivity contribution in [1.82, 2.24) is 0 Å². The first kappa shape index (κ1) is 12.9. The Morgan fingerprint density at radius 3 is 2.53 bits per heavy atom. The molecule has 0 saturated heterocycles. The second kappa shape index (κ2) is 5.41. The van der Waals surface area contributed by atoms with Gasteiger partial charge in [-0.1, -0.05) is 43.5 Å². The van der Waals surface area contributed by atoms with E-state index in [-0.39, 0.29) is 6.04 Å². The van der Waals surface area contributed by atoms with E-state index in [2.05, 4.69) is 19.9 Å². The zero-order chi connectivity index (χ0) is 12.4. The number of hydrogen-bond donors (Lipinski definition) is 1. The fraction of sp³-hybridized carbons (Fsp3) is 0.600. The van der Waals surface area contributed by atoms with Crippen molar-refractivity contribution < 1.29 is 0 Å². The summed E-state index contributed by atoms with van der Waals surface area (Å²) in [6.07, 6.45) is 5.15. The Morgan fingerprint density at radius 1 is 1.24 bits per heavy atom. The number of rotatable bonds is 2. The Kier molecular flexibility index (Phi) is 4.11. The average molecular weight is 252 g/mol. The van der Waals surface area contributed by atoms with Gasteiger partial charge in [0.2, 0.25) is 0 Å². The summed E-state index contributed by atoms with van der Waals surface area (Å²) < 4.78 is 0. The minimum absolute atomic E-state index is 0.154. The maximum atomic E-state index is 6.43. The molecule has 1 nitrogen and oxygen atoms in total. The molecule has 0 spiro atoms. The van der Waals surface area contributed by atoms with Crippen LogP contribution in [0, 0.1) is 18.8 Å². The second-order valence-corrected chi connectivity index (χ2v) is 5.91. The molecule has 2 rings (SSSR count). The molecule has 1 aliphatic carbocycles. The first-order chi connectivity index (χ1) is 8.09. The van der Waals surface area contributed by atoms with Crippen LogP contribution in [0.5, 0.6) is 0 Å². The largest absolute Gasteiger partial charge is 0.324 e. The minimum atomic E-state index is 0.154. The zero-order valence-corrected chi connectivity index (χ0v) is 11.5. The molecule has 2 N–H and O–H groups in total. The highest BCUT2D eigenvalue weighted by atomic mass is 35.5. The standard InChI is InChI=1S/C15H22ClN/c1-10-6-8-12(9-7-10)15(17)13-4-3-5-14(16)11(13)2/h3-5,10,12,15H,6-9,17H2,1-2H3. The van der Waals surface area contributed by atoms with Gasteiger partial charge in [-0.3, -0.25) is 0 Å². The Morgan fingerprint density at radius 2 is 1.88 bits per heavy atom. The van der Waals surface area contributed by atoms with E-state index in [9.17, 15) is 0 Å². The van der Waals surface area contributed by atoms with E-state index >= 15 is 0 Å². The molecule has 1 aliphatic rings. The van der Waals surface area contributed by atoms with Crippen LogP contribution in [0.15, 0.2) is 18.2 Å². The number of nitrogens with two attached hydrogens (primary N) is 1. The topological polar surface area (TPSA) is 26.0 Å². The van der Waals surface area contributed by atoms with Gasteiger partial charge in [-0.15, -0.1) is 0 Å². The molecular weight excluding hydrogens is 230 g/mol. The molecule has 1 aromatic carbocycles. The molecule has 1 fully saturated rings. The Labute approximate surface area is 109 Å². The summed E-state index contributed by atoms with van der Waals surface area (Å²) in [6, 6.07) is 6.23. The monoisotopic (exact) mass is 251 g/mol. The third kappa shape index (κ3) is 2.83. The van der Waals surface area contributed by atoms with Gasteiger partial charge in [0, 0.05) is 11.1 Å². The number of hydrogen-bond acceptors (Lipinski definition) is 1. The fourth-order valence-electron chi connectivity index (χ4n) is 2.88. The van der Waals surface area contributed by atoms with Gasteiger partial charge in [0.1, 0.15) is 0 Å². The maximum Gasteiger partial charge on any atom is 0.0438 e. The number of halogens is 1. The summed E-state index contributed by atoms with van der Waals surface area (Å²) in [5.41, 5.74) is 8.81. The SMILES string of the molecule is Cc1c(Cl)cccc1C(N)C1CCC(C)CC1. The van der Waals surface area contributed by atoms with Gasteiger partial charge < -0.3 is 5.73 Å². The van der Waals surface area contributed by atoms with E-state index in [0.717, 1.165) is 16.5 Å². The van der Waals surface area contributed by atoms with Crippen LogP contribution in [-0.4, -0.2) is 0 Å². The van der Waals surface area contributed by atoms with Crippen LogP contribution in [0.2, 0.25) is 5.02 Å². The number of benzene rings is 1. The summed E-state index contributed by atoms with van der Waals surface area (Å²) in [4.78, 5) is 0. The first-order valence-corrected chi connectivity index (χ1v) is 6.98. The lowest BCUT2D eigenvalue weighted by Crippen LogP contribution is -2.26. The van der Waals surface area contributed by atoms with Crippen LogP contribution in [0.4, 0.5) is 0 Å². The predicted octanol–water partition coefficient (Wildman–Crippen LogP) is 4.47. The van der Waals surface area contributed by atoms with Crippen LogP contribution in [0.3, 0.4) is 0 Å². The highest BCUT2D eigenvalue weighted by Crippen LogP contribution is 2.37. The van der Waals surface area contributed by atoms with Crippen molar-refractivity contribution in [3.63, 3.8) is 0 Å². The molecule has 0 aromatic heterocycles. The van der Waals surface area contributed by atoms with Crippen molar-refractivity contribution in [3.05, 3.63) is 34.3 Å². The van der Waals surface area contributed by atoms with Crippen LogP contribution in [0.25, 0.3) is 0 Å². The quantitative estimate of drug-likeness (QED) is 0.824. The Bertz CT molecular complexity index is 381. The Balaban J connectivity index is 2.14. The van der Waals surface area contributed by atoms with Crippen molar-refractivity contribution in [1.29, 1.82) is 0 Å². The molecule has 0 aliphatic heterocycles. The van der Waals surface area contributed by atoms with Gasteiger partial charge in [0.25, 0.3) is 0 Å². The minimum Gasteiger partial charge on any atom is -0.324 e. The van der Waals surface area contributed by atoms with Crippen molar-refractivity contribution in [2.75, 3.05) is 0 Å². The van der Waals surface area contributed by atoms with Gasteiger partial charge in [0.15, 0.2) is 0 Å². The summed E-state index contributed by atoms with van der Waals surface area (Å²) in [5.74, 6) is 1.50. The predicted molar refractivity (Wildman–Crippen MR) is 74.2 cm³/mol. The summed E-state index contributed by atoms with van der Waals surface area (Å²) in [5, 5.41) is 0.835. The molecule has 1 saturated carbocycles.